The molecule has 5 nitrogen and oxygen atoms in total. The van der Waals surface area contributed by atoms with Crippen molar-refractivity contribution >= 4 is 17.1 Å². The molecule has 27 heavy (non-hydrogen) atoms. The molecule has 0 unspecified atom stereocenters. The second-order valence-electron chi connectivity index (χ2n) is 6.72. The van der Waals surface area contributed by atoms with E-state index in [0.717, 1.165) is 36.4 Å². The van der Waals surface area contributed by atoms with Crippen molar-refractivity contribution in [1.29, 1.82) is 0 Å². The van der Waals surface area contributed by atoms with Gasteiger partial charge < -0.3 is 9.47 Å². The molecule has 0 bridgehead atoms. The maximum atomic E-state index is 13.9. The van der Waals surface area contributed by atoms with Gasteiger partial charge in [-0.25, -0.2) is 14.4 Å². The van der Waals surface area contributed by atoms with E-state index in [4.69, 9.17) is 4.98 Å². The molecule has 0 spiro atoms. The van der Waals surface area contributed by atoms with E-state index in [9.17, 15) is 9.18 Å². The van der Waals surface area contributed by atoms with Gasteiger partial charge in [0, 0.05) is 24.8 Å². The number of halogens is 1. The Labute approximate surface area is 158 Å². The molecule has 1 amide bonds. The summed E-state index contributed by atoms with van der Waals surface area (Å²) in [6.07, 6.45) is 3.51. The minimum atomic E-state index is -0.361. The fourth-order valence-electron chi connectivity index (χ4n) is 3.19. The van der Waals surface area contributed by atoms with Crippen molar-refractivity contribution in [2.45, 2.75) is 46.7 Å². The third-order valence-electron chi connectivity index (χ3n) is 4.56. The second-order valence-corrected chi connectivity index (χ2v) is 6.72. The third kappa shape index (κ3) is 3.99. The first-order valence-electron chi connectivity index (χ1n) is 9.40. The lowest BCUT2D eigenvalue weighted by atomic mass is 10.1. The Bertz CT molecular complexity index is 951. The van der Waals surface area contributed by atoms with Gasteiger partial charge in [-0.1, -0.05) is 19.9 Å². The summed E-state index contributed by atoms with van der Waals surface area (Å²) in [6.45, 7) is 7.55. The molecule has 3 aromatic rings. The Morgan fingerprint density at radius 3 is 2.74 bits per heavy atom. The lowest BCUT2D eigenvalue weighted by molar-refractivity contribution is 0.0736. The zero-order valence-corrected chi connectivity index (χ0v) is 16.1. The molecule has 0 radical (unpaired) electrons. The van der Waals surface area contributed by atoms with Gasteiger partial charge in [0.1, 0.15) is 17.2 Å². The van der Waals surface area contributed by atoms with Gasteiger partial charge in [0.05, 0.1) is 6.54 Å². The number of fused-ring (bicyclic) bond motifs is 1. The molecule has 0 atom stereocenters. The SMILES string of the molecule is CCCN(Cc1nc2cccnc2n1CCC)C(=O)c1ccc(C)c(F)c1. The minimum absolute atomic E-state index is 0.182. The fraction of sp³-hybridized carbons (Fsp3) is 0.381. The van der Waals surface area contributed by atoms with Crippen molar-refractivity contribution in [1.82, 2.24) is 19.4 Å². The highest BCUT2D eigenvalue weighted by molar-refractivity contribution is 5.94. The number of nitrogens with zero attached hydrogens (tertiary/aromatic N) is 4. The summed E-state index contributed by atoms with van der Waals surface area (Å²) in [6, 6.07) is 8.43. The van der Waals surface area contributed by atoms with Crippen LogP contribution < -0.4 is 0 Å². The summed E-state index contributed by atoms with van der Waals surface area (Å²) in [7, 11) is 0. The van der Waals surface area contributed by atoms with Gasteiger partial charge in [-0.15, -0.1) is 0 Å². The van der Waals surface area contributed by atoms with Crippen molar-refractivity contribution < 1.29 is 9.18 Å². The van der Waals surface area contributed by atoms with Gasteiger partial charge in [0.25, 0.3) is 5.91 Å². The molecule has 0 saturated heterocycles. The zero-order valence-electron chi connectivity index (χ0n) is 16.1. The first-order valence-corrected chi connectivity index (χ1v) is 9.40. The molecule has 142 valence electrons. The number of rotatable bonds is 7. The van der Waals surface area contributed by atoms with Crippen molar-refractivity contribution in [3.8, 4) is 0 Å². The predicted octanol–water partition coefficient (Wildman–Crippen LogP) is 4.34. The first kappa shape index (κ1) is 19.0. The Balaban J connectivity index is 1.94. The summed E-state index contributed by atoms with van der Waals surface area (Å²) >= 11 is 0. The number of carbonyl (C=O) groups excluding carboxylic acids is 1. The van der Waals surface area contributed by atoms with Crippen molar-refractivity contribution in [2.75, 3.05) is 6.54 Å². The number of aromatic nitrogens is 3. The van der Waals surface area contributed by atoms with Gasteiger partial charge in [-0.2, -0.15) is 0 Å². The number of imidazole rings is 1. The van der Waals surface area contributed by atoms with Gasteiger partial charge in [-0.05, 0) is 49.6 Å². The number of benzene rings is 1. The number of amides is 1. The van der Waals surface area contributed by atoms with Crippen LogP contribution in [0.15, 0.2) is 36.5 Å². The summed E-state index contributed by atoms with van der Waals surface area (Å²) in [5.41, 5.74) is 2.55. The van der Waals surface area contributed by atoms with E-state index in [-0.39, 0.29) is 11.7 Å². The number of pyridine rings is 1. The molecule has 0 aliphatic heterocycles. The summed E-state index contributed by atoms with van der Waals surface area (Å²) in [4.78, 5) is 23.9. The van der Waals surface area contributed by atoms with E-state index in [2.05, 4.69) is 16.5 Å². The van der Waals surface area contributed by atoms with Crippen LogP contribution in [0.3, 0.4) is 0 Å². The number of aryl methyl sites for hydroxylation is 2. The Hall–Kier alpha value is -2.76. The highest BCUT2D eigenvalue weighted by atomic mass is 19.1. The van der Waals surface area contributed by atoms with Crippen LogP contribution in [0.5, 0.6) is 0 Å². The molecule has 0 saturated carbocycles. The molecule has 0 aliphatic rings. The monoisotopic (exact) mass is 368 g/mol. The quantitative estimate of drug-likeness (QED) is 0.623. The average molecular weight is 368 g/mol. The van der Waals surface area contributed by atoms with Crippen LogP contribution in [0.25, 0.3) is 11.2 Å². The summed E-state index contributed by atoms with van der Waals surface area (Å²) < 4.78 is 16.0. The van der Waals surface area contributed by atoms with Crippen LogP contribution in [0, 0.1) is 12.7 Å². The van der Waals surface area contributed by atoms with Crippen molar-refractivity contribution in [2.24, 2.45) is 0 Å². The fourth-order valence-corrected chi connectivity index (χ4v) is 3.19. The minimum Gasteiger partial charge on any atom is -0.331 e. The highest BCUT2D eigenvalue weighted by Crippen LogP contribution is 2.18. The van der Waals surface area contributed by atoms with Crippen LogP contribution in [0.1, 0.15) is 48.4 Å². The molecular weight excluding hydrogens is 343 g/mol. The van der Waals surface area contributed by atoms with Gasteiger partial charge in [-0.3, -0.25) is 4.79 Å². The van der Waals surface area contributed by atoms with E-state index in [1.54, 1.807) is 30.2 Å². The Morgan fingerprint density at radius 1 is 1.22 bits per heavy atom. The van der Waals surface area contributed by atoms with E-state index in [1.165, 1.54) is 6.07 Å². The summed E-state index contributed by atoms with van der Waals surface area (Å²) in [5, 5.41) is 0. The Kier molecular flexibility index (Phi) is 5.84. The lowest BCUT2D eigenvalue weighted by Crippen LogP contribution is -2.32. The predicted molar refractivity (Wildman–Crippen MR) is 104 cm³/mol. The topological polar surface area (TPSA) is 51.0 Å². The third-order valence-corrected chi connectivity index (χ3v) is 4.56. The Morgan fingerprint density at radius 2 is 2.04 bits per heavy atom. The summed E-state index contributed by atoms with van der Waals surface area (Å²) in [5.74, 6) is 0.262. The van der Waals surface area contributed by atoms with Crippen molar-refractivity contribution in [3.63, 3.8) is 0 Å². The molecule has 2 heterocycles. The molecule has 3 rings (SSSR count). The molecule has 6 heteroatoms. The first-order chi connectivity index (χ1) is 13.0. The maximum Gasteiger partial charge on any atom is 0.254 e. The van der Waals surface area contributed by atoms with E-state index >= 15 is 0 Å². The average Bonchev–Trinajstić information content (AvgIpc) is 3.01. The van der Waals surface area contributed by atoms with E-state index in [1.807, 2.05) is 19.1 Å². The van der Waals surface area contributed by atoms with Crippen molar-refractivity contribution in [3.05, 3.63) is 59.3 Å². The van der Waals surface area contributed by atoms with Gasteiger partial charge >= 0.3 is 0 Å². The normalized spacial score (nSPS) is 11.1. The van der Waals surface area contributed by atoms with Crippen LogP contribution in [0.2, 0.25) is 0 Å². The van der Waals surface area contributed by atoms with Crippen LogP contribution in [-0.4, -0.2) is 31.9 Å². The maximum absolute atomic E-state index is 13.9. The van der Waals surface area contributed by atoms with Crippen LogP contribution in [-0.2, 0) is 13.1 Å². The number of hydrogen-bond donors (Lipinski definition) is 0. The molecule has 1 aromatic carbocycles. The standard InChI is InChI=1S/C21H25FN4O/c1-4-11-25(21(27)16-9-8-15(3)17(22)13-16)14-19-24-18-7-6-10-23-20(18)26(19)12-5-2/h6-10,13H,4-5,11-12,14H2,1-3H3. The second kappa shape index (κ2) is 8.29. The van der Waals surface area contributed by atoms with Gasteiger partial charge in [0.15, 0.2) is 5.65 Å². The largest absolute Gasteiger partial charge is 0.331 e. The molecule has 2 aromatic heterocycles. The van der Waals surface area contributed by atoms with Gasteiger partial charge in [0.2, 0.25) is 0 Å². The highest BCUT2D eigenvalue weighted by Gasteiger charge is 2.20. The van der Waals surface area contributed by atoms with E-state index < -0.39 is 0 Å². The van der Waals surface area contributed by atoms with Crippen LogP contribution in [0.4, 0.5) is 4.39 Å². The zero-order chi connectivity index (χ0) is 19.4. The smallest absolute Gasteiger partial charge is 0.254 e. The molecular formula is C21H25FN4O. The number of hydrogen-bond acceptors (Lipinski definition) is 3. The molecule has 0 N–H and O–H groups in total. The number of carbonyl (C=O) groups is 1. The van der Waals surface area contributed by atoms with Crippen LogP contribution >= 0.6 is 0 Å². The van der Waals surface area contributed by atoms with E-state index in [0.29, 0.717) is 24.2 Å². The molecule has 0 fully saturated rings. The lowest BCUT2D eigenvalue weighted by Gasteiger charge is -2.22. The molecule has 0 aliphatic carbocycles.